The molecule has 1 amide bonds. The number of hydrogen-bond donors (Lipinski definition) is 2. The Hall–Kier alpha value is -2.30. The van der Waals surface area contributed by atoms with Gasteiger partial charge in [-0.2, -0.15) is 0 Å². The van der Waals surface area contributed by atoms with E-state index in [9.17, 15) is 9.90 Å². The van der Waals surface area contributed by atoms with E-state index in [0.717, 1.165) is 13.1 Å². The number of aromatic nitrogens is 3. The second-order valence-corrected chi connectivity index (χ2v) is 8.39. The summed E-state index contributed by atoms with van der Waals surface area (Å²) in [7, 11) is 0. The third-order valence-electron chi connectivity index (χ3n) is 5.32. The summed E-state index contributed by atoms with van der Waals surface area (Å²) in [5.41, 5.74) is -0.977. The van der Waals surface area contributed by atoms with Gasteiger partial charge in [0.25, 0.3) is 5.19 Å². The molecule has 1 saturated heterocycles. The Bertz CT molecular complexity index is 845. The van der Waals surface area contributed by atoms with E-state index in [1.165, 1.54) is 11.3 Å². The van der Waals surface area contributed by atoms with Crippen molar-refractivity contribution in [2.75, 3.05) is 36.5 Å². The van der Waals surface area contributed by atoms with Crippen LogP contribution >= 0.6 is 11.3 Å². The molecule has 0 atom stereocenters. The van der Waals surface area contributed by atoms with Crippen LogP contribution in [-0.4, -0.2) is 57.9 Å². The lowest BCUT2D eigenvalue weighted by atomic mass is 9.41. The Morgan fingerprint density at radius 2 is 1.89 bits per heavy atom. The van der Waals surface area contributed by atoms with E-state index in [-0.39, 0.29) is 11.3 Å². The highest BCUT2D eigenvalue weighted by atomic mass is 32.1. The fourth-order valence-corrected chi connectivity index (χ4v) is 4.65. The summed E-state index contributed by atoms with van der Waals surface area (Å²) in [6.07, 6.45) is 6.46. The van der Waals surface area contributed by atoms with Crippen molar-refractivity contribution in [2.24, 2.45) is 5.41 Å². The van der Waals surface area contributed by atoms with Crippen LogP contribution in [0.4, 0.5) is 10.9 Å². The van der Waals surface area contributed by atoms with Gasteiger partial charge in [0.1, 0.15) is 5.00 Å². The fourth-order valence-electron chi connectivity index (χ4n) is 3.97. The van der Waals surface area contributed by atoms with Crippen LogP contribution in [-0.2, 0) is 9.53 Å². The van der Waals surface area contributed by atoms with Crippen molar-refractivity contribution in [3.8, 4) is 10.9 Å². The molecule has 2 aromatic heterocycles. The molecule has 4 aliphatic rings. The van der Waals surface area contributed by atoms with E-state index >= 15 is 0 Å². The third-order valence-corrected chi connectivity index (χ3v) is 6.11. The van der Waals surface area contributed by atoms with Crippen LogP contribution in [0.15, 0.2) is 18.6 Å². The maximum Gasteiger partial charge on any atom is 0.280 e. The SMILES string of the molecule is O=C(Nc1cnc(Oc2cnc(N3CCOCC3)nc2)s1)C12CC(O)(C1)C2. The van der Waals surface area contributed by atoms with Gasteiger partial charge in [0.05, 0.1) is 42.8 Å². The van der Waals surface area contributed by atoms with Crippen LogP contribution in [0.3, 0.4) is 0 Å². The zero-order valence-electron chi connectivity index (χ0n) is 14.6. The fraction of sp³-hybridized carbons (Fsp3) is 0.529. The standard InChI is InChI=1S/C17H19N5O4S/c23-13(16-8-17(24,9-16)10-16)21-12-7-20-15(27-12)26-11-5-18-14(19-6-11)22-1-3-25-4-2-22/h5-7,24H,1-4,8-10H2,(H,21,23). The minimum absolute atomic E-state index is 0.0492. The number of amides is 1. The molecular formula is C17H19N5O4S. The van der Waals surface area contributed by atoms with Gasteiger partial charge in [0.15, 0.2) is 5.75 Å². The molecule has 0 spiro atoms. The van der Waals surface area contributed by atoms with E-state index < -0.39 is 5.60 Å². The zero-order valence-corrected chi connectivity index (χ0v) is 15.4. The monoisotopic (exact) mass is 389 g/mol. The number of carbonyl (C=O) groups excluding carboxylic acids is 1. The molecule has 1 aliphatic heterocycles. The van der Waals surface area contributed by atoms with Gasteiger partial charge < -0.3 is 24.8 Å². The number of nitrogens with one attached hydrogen (secondary N) is 1. The Morgan fingerprint density at radius 3 is 2.56 bits per heavy atom. The van der Waals surface area contributed by atoms with Crippen molar-refractivity contribution in [3.05, 3.63) is 18.6 Å². The van der Waals surface area contributed by atoms with Crippen molar-refractivity contribution in [3.63, 3.8) is 0 Å². The number of morpholine rings is 1. The summed E-state index contributed by atoms with van der Waals surface area (Å²) in [4.78, 5) is 27.2. The first-order valence-corrected chi connectivity index (χ1v) is 9.68. The van der Waals surface area contributed by atoms with Crippen LogP contribution in [0.2, 0.25) is 0 Å². The number of nitrogens with zero attached hydrogens (tertiary/aromatic N) is 4. The van der Waals surface area contributed by atoms with Crippen LogP contribution in [0.5, 0.6) is 10.9 Å². The quantitative estimate of drug-likeness (QED) is 0.790. The molecule has 10 heteroatoms. The Morgan fingerprint density at radius 1 is 1.19 bits per heavy atom. The normalized spacial score (nSPS) is 28.9. The van der Waals surface area contributed by atoms with Crippen LogP contribution < -0.4 is 15.0 Å². The first-order valence-electron chi connectivity index (χ1n) is 8.86. The van der Waals surface area contributed by atoms with Gasteiger partial charge in [-0.3, -0.25) is 4.79 Å². The summed E-state index contributed by atoms with van der Waals surface area (Å²) in [6, 6.07) is 0. The topological polar surface area (TPSA) is 110 Å². The zero-order chi connectivity index (χ0) is 18.5. The molecule has 0 aromatic carbocycles. The van der Waals surface area contributed by atoms with E-state index in [1.807, 2.05) is 0 Å². The molecule has 142 valence electrons. The molecule has 2 aromatic rings. The number of aliphatic hydroxyl groups is 1. The maximum absolute atomic E-state index is 12.3. The highest BCUT2D eigenvalue weighted by Crippen LogP contribution is 2.67. The predicted octanol–water partition coefficient (Wildman–Crippen LogP) is 1.42. The molecule has 0 radical (unpaired) electrons. The van der Waals surface area contributed by atoms with Gasteiger partial charge in [0.2, 0.25) is 11.9 Å². The van der Waals surface area contributed by atoms with Crippen LogP contribution in [0, 0.1) is 5.41 Å². The molecule has 0 unspecified atom stereocenters. The number of anilines is 2. The lowest BCUT2D eigenvalue weighted by Crippen LogP contribution is -2.71. The number of hydrogen-bond acceptors (Lipinski definition) is 9. The van der Waals surface area contributed by atoms with Gasteiger partial charge in [-0.25, -0.2) is 15.0 Å². The minimum Gasteiger partial charge on any atom is -0.428 e. The van der Waals surface area contributed by atoms with Crippen molar-refractivity contribution >= 4 is 28.2 Å². The molecule has 4 fully saturated rings. The number of ether oxygens (including phenoxy) is 2. The molecule has 3 aliphatic carbocycles. The third kappa shape index (κ3) is 3.03. The Kier molecular flexibility index (Phi) is 3.81. The first kappa shape index (κ1) is 16.8. The van der Waals surface area contributed by atoms with E-state index in [0.29, 0.717) is 54.4 Å². The lowest BCUT2D eigenvalue weighted by Gasteiger charge is -2.65. The van der Waals surface area contributed by atoms with E-state index in [2.05, 4.69) is 25.2 Å². The average molecular weight is 389 g/mol. The van der Waals surface area contributed by atoms with Gasteiger partial charge >= 0.3 is 0 Å². The summed E-state index contributed by atoms with van der Waals surface area (Å²) in [6.45, 7) is 2.90. The Balaban J connectivity index is 1.18. The molecule has 2 bridgehead atoms. The highest BCUT2D eigenvalue weighted by molar-refractivity contribution is 7.17. The van der Waals surface area contributed by atoms with Crippen molar-refractivity contribution in [2.45, 2.75) is 24.9 Å². The molecule has 2 N–H and O–H groups in total. The summed E-state index contributed by atoms with van der Waals surface area (Å²) in [5.74, 6) is 1.09. The van der Waals surface area contributed by atoms with Gasteiger partial charge in [0, 0.05) is 13.1 Å². The average Bonchev–Trinajstić information content (AvgIpc) is 3.06. The van der Waals surface area contributed by atoms with Crippen molar-refractivity contribution in [1.29, 1.82) is 0 Å². The van der Waals surface area contributed by atoms with E-state index in [4.69, 9.17) is 9.47 Å². The first-order chi connectivity index (χ1) is 13.0. The van der Waals surface area contributed by atoms with Crippen LogP contribution in [0.1, 0.15) is 19.3 Å². The number of rotatable bonds is 5. The second-order valence-electron chi connectivity index (χ2n) is 7.40. The summed E-state index contributed by atoms with van der Waals surface area (Å²) < 4.78 is 11.0. The molecule has 6 rings (SSSR count). The molecular weight excluding hydrogens is 370 g/mol. The van der Waals surface area contributed by atoms with Crippen molar-refractivity contribution in [1.82, 2.24) is 15.0 Å². The summed E-state index contributed by atoms with van der Waals surface area (Å²) >= 11 is 1.25. The van der Waals surface area contributed by atoms with Gasteiger partial charge in [-0.1, -0.05) is 11.3 Å². The minimum atomic E-state index is -0.591. The second kappa shape index (κ2) is 6.11. The van der Waals surface area contributed by atoms with E-state index in [1.54, 1.807) is 18.6 Å². The molecule has 3 heterocycles. The predicted molar refractivity (Wildman–Crippen MR) is 97.1 cm³/mol. The van der Waals surface area contributed by atoms with Gasteiger partial charge in [-0.05, 0) is 19.3 Å². The number of thiazole rings is 1. The van der Waals surface area contributed by atoms with Crippen LogP contribution in [0.25, 0.3) is 0 Å². The lowest BCUT2D eigenvalue weighted by molar-refractivity contribution is -0.247. The highest BCUT2D eigenvalue weighted by Gasteiger charge is 2.71. The smallest absolute Gasteiger partial charge is 0.280 e. The van der Waals surface area contributed by atoms with Gasteiger partial charge in [-0.15, -0.1) is 0 Å². The molecule has 3 saturated carbocycles. The Labute approximate surface area is 159 Å². The molecule has 27 heavy (non-hydrogen) atoms. The molecule has 9 nitrogen and oxygen atoms in total. The van der Waals surface area contributed by atoms with Crippen molar-refractivity contribution < 1.29 is 19.4 Å². The maximum atomic E-state index is 12.3. The summed E-state index contributed by atoms with van der Waals surface area (Å²) in [5, 5.41) is 13.7. The largest absolute Gasteiger partial charge is 0.428 e. The number of carbonyl (C=O) groups is 1.